The van der Waals surface area contributed by atoms with Gasteiger partial charge in [-0.2, -0.15) is 0 Å². The molecule has 0 aromatic heterocycles. The summed E-state index contributed by atoms with van der Waals surface area (Å²) in [5, 5.41) is 12.8. The molecule has 0 radical (unpaired) electrons. The standard InChI is InChI=1S/C15H30N2O2/c1-5-7-10-17(6-2)12(3)11-15(4,14(18)19)16-13-8-9-13/h12-13,16H,5-11H2,1-4H3,(H,18,19). The third-order valence-corrected chi connectivity index (χ3v) is 4.10. The van der Waals surface area contributed by atoms with Crippen LogP contribution >= 0.6 is 0 Å². The molecular formula is C15H30N2O2. The minimum Gasteiger partial charge on any atom is -0.480 e. The Kier molecular flexibility index (Phi) is 6.27. The van der Waals surface area contributed by atoms with E-state index >= 15 is 0 Å². The highest BCUT2D eigenvalue weighted by Crippen LogP contribution is 2.26. The molecule has 112 valence electrons. The first-order valence-electron chi connectivity index (χ1n) is 7.68. The SMILES string of the molecule is CCCCN(CC)C(C)CC(C)(NC1CC1)C(=O)O. The molecule has 0 aromatic carbocycles. The van der Waals surface area contributed by atoms with E-state index in [1.54, 1.807) is 0 Å². The summed E-state index contributed by atoms with van der Waals surface area (Å²) in [4.78, 5) is 14.0. The first-order chi connectivity index (χ1) is 8.92. The van der Waals surface area contributed by atoms with Gasteiger partial charge in [-0.3, -0.25) is 10.1 Å². The highest BCUT2D eigenvalue weighted by atomic mass is 16.4. The van der Waals surface area contributed by atoms with Gasteiger partial charge in [-0.25, -0.2) is 0 Å². The molecule has 1 aliphatic carbocycles. The van der Waals surface area contributed by atoms with Crippen molar-refractivity contribution in [3.63, 3.8) is 0 Å². The van der Waals surface area contributed by atoms with E-state index in [2.05, 4.69) is 31.0 Å². The first kappa shape index (κ1) is 16.4. The van der Waals surface area contributed by atoms with Crippen molar-refractivity contribution < 1.29 is 9.90 Å². The second-order valence-corrected chi connectivity index (χ2v) is 6.09. The van der Waals surface area contributed by atoms with Gasteiger partial charge >= 0.3 is 5.97 Å². The van der Waals surface area contributed by atoms with Crippen LogP contribution < -0.4 is 5.32 Å². The third-order valence-electron chi connectivity index (χ3n) is 4.10. The van der Waals surface area contributed by atoms with Crippen molar-refractivity contribution in [3.05, 3.63) is 0 Å². The zero-order valence-corrected chi connectivity index (χ0v) is 12.9. The number of carbonyl (C=O) groups is 1. The molecule has 0 heterocycles. The molecule has 0 saturated heterocycles. The van der Waals surface area contributed by atoms with Crippen molar-refractivity contribution >= 4 is 5.97 Å². The van der Waals surface area contributed by atoms with E-state index in [1.165, 1.54) is 12.8 Å². The van der Waals surface area contributed by atoms with Gasteiger partial charge in [0, 0.05) is 12.1 Å². The lowest BCUT2D eigenvalue weighted by molar-refractivity contribution is -0.145. The molecule has 4 nitrogen and oxygen atoms in total. The molecule has 1 rings (SSSR count). The number of hydrogen-bond acceptors (Lipinski definition) is 3. The maximum atomic E-state index is 11.6. The predicted octanol–water partition coefficient (Wildman–Crippen LogP) is 2.48. The van der Waals surface area contributed by atoms with Crippen LogP contribution in [0.5, 0.6) is 0 Å². The molecule has 2 N–H and O–H groups in total. The molecule has 0 amide bonds. The quantitative estimate of drug-likeness (QED) is 0.640. The number of aliphatic carboxylic acids is 1. The number of hydrogen-bond donors (Lipinski definition) is 2. The summed E-state index contributed by atoms with van der Waals surface area (Å²) >= 11 is 0. The van der Waals surface area contributed by atoms with E-state index < -0.39 is 11.5 Å². The average molecular weight is 270 g/mol. The third kappa shape index (κ3) is 5.11. The Bertz CT molecular complexity index is 292. The van der Waals surface area contributed by atoms with Gasteiger partial charge in [0.25, 0.3) is 0 Å². The molecule has 2 unspecified atom stereocenters. The number of nitrogens with zero attached hydrogens (tertiary/aromatic N) is 1. The number of nitrogens with one attached hydrogen (secondary N) is 1. The number of carboxylic acid groups (broad SMARTS) is 1. The lowest BCUT2D eigenvalue weighted by Crippen LogP contribution is -2.54. The van der Waals surface area contributed by atoms with Crippen LogP contribution in [0.1, 0.15) is 59.8 Å². The molecule has 0 aliphatic heterocycles. The van der Waals surface area contributed by atoms with Crippen molar-refractivity contribution in [1.29, 1.82) is 0 Å². The summed E-state index contributed by atoms with van der Waals surface area (Å²) in [7, 11) is 0. The normalized spacial score (nSPS) is 20.3. The van der Waals surface area contributed by atoms with Gasteiger partial charge in [0.1, 0.15) is 5.54 Å². The molecular weight excluding hydrogens is 240 g/mol. The summed E-state index contributed by atoms with van der Waals surface area (Å²) in [6.45, 7) is 10.4. The Hall–Kier alpha value is -0.610. The zero-order chi connectivity index (χ0) is 14.5. The lowest BCUT2D eigenvalue weighted by atomic mass is 9.92. The average Bonchev–Trinajstić information content (AvgIpc) is 3.13. The summed E-state index contributed by atoms with van der Waals surface area (Å²) in [6.07, 6.45) is 5.25. The van der Waals surface area contributed by atoms with Crippen LogP contribution in [0.4, 0.5) is 0 Å². The summed E-state index contributed by atoms with van der Waals surface area (Å²) in [5.41, 5.74) is -0.791. The largest absolute Gasteiger partial charge is 0.480 e. The van der Waals surface area contributed by atoms with Crippen molar-refractivity contribution in [1.82, 2.24) is 10.2 Å². The Labute approximate surface area is 117 Å². The van der Waals surface area contributed by atoms with Gasteiger partial charge in [0.2, 0.25) is 0 Å². The van der Waals surface area contributed by atoms with Crippen LogP contribution in [0.25, 0.3) is 0 Å². The lowest BCUT2D eigenvalue weighted by Gasteiger charge is -2.35. The van der Waals surface area contributed by atoms with Gasteiger partial charge in [-0.05, 0) is 52.6 Å². The van der Waals surface area contributed by atoms with Crippen LogP contribution in [-0.4, -0.2) is 46.7 Å². The number of unbranched alkanes of at least 4 members (excludes halogenated alkanes) is 1. The van der Waals surface area contributed by atoms with Crippen LogP contribution in [0.15, 0.2) is 0 Å². The molecule has 0 spiro atoms. The van der Waals surface area contributed by atoms with Crippen LogP contribution in [0.2, 0.25) is 0 Å². The Morgan fingerprint density at radius 1 is 1.47 bits per heavy atom. The van der Waals surface area contributed by atoms with Gasteiger partial charge in [-0.15, -0.1) is 0 Å². The van der Waals surface area contributed by atoms with Gasteiger partial charge in [0.05, 0.1) is 0 Å². The monoisotopic (exact) mass is 270 g/mol. The van der Waals surface area contributed by atoms with E-state index in [9.17, 15) is 9.90 Å². The second kappa shape index (κ2) is 7.25. The van der Waals surface area contributed by atoms with Crippen molar-refractivity contribution in [2.24, 2.45) is 0 Å². The number of carboxylic acids is 1. The molecule has 1 saturated carbocycles. The fourth-order valence-corrected chi connectivity index (χ4v) is 2.66. The smallest absolute Gasteiger partial charge is 0.323 e. The van der Waals surface area contributed by atoms with Gasteiger partial charge < -0.3 is 10.0 Å². The maximum Gasteiger partial charge on any atom is 0.323 e. The zero-order valence-electron chi connectivity index (χ0n) is 12.9. The molecule has 0 aromatic rings. The number of rotatable bonds is 10. The Morgan fingerprint density at radius 2 is 2.11 bits per heavy atom. The fourth-order valence-electron chi connectivity index (χ4n) is 2.66. The van der Waals surface area contributed by atoms with Crippen LogP contribution in [-0.2, 0) is 4.79 Å². The summed E-state index contributed by atoms with van der Waals surface area (Å²) in [6, 6.07) is 0.711. The minimum atomic E-state index is -0.791. The molecule has 19 heavy (non-hydrogen) atoms. The fraction of sp³-hybridized carbons (Fsp3) is 0.933. The van der Waals surface area contributed by atoms with E-state index in [4.69, 9.17) is 0 Å². The summed E-state index contributed by atoms with van der Waals surface area (Å²) < 4.78 is 0. The van der Waals surface area contributed by atoms with E-state index in [-0.39, 0.29) is 0 Å². The molecule has 1 aliphatic rings. The second-order valence-electron chi connectivity index (χ2n) is 6.09. The predicted molar refractivity (Wildman–Crippen MR) is 78.4 cm³/mol. The molecule has 2 atom stereocenters. The van der Waals surface area contributed by atoms with Crippen LogP contribution in [0.3, 0.4) is 0 Å². The topological polar surface area (TPSA) is 52.6 Å². The Morgan fingerprint density at radius 3 is 2.53 bits per heavy atom. The molecule has 0 bridgehead atoms. The minimum absolute atomic E-state index is 0.295. The summed E-state index contributed by atoms with van der Waals surface area (Å²) in [5.74, 6) is -0.724. The highest BCUT2D eigenvalue weighted by molar-refractivity contribution is 5.78. The van der Waals surface area contributed by atoms with Gasteiger partial charge in [-0.1, -0.05) is 20.3 Å². The highest BCUT2D eigenvalue weighted by Gasteiger charge is 2.40. The van der Waals surface area contributed by atoms with Crippen molar-refractivity contribution in [2.45, 2.75) is 77.4 Å². The van der Waals surface area contributed by atoms with Crippen LogP contribution in [0, 0.1) is 0 Å². The van der Waals surface area contributed by atoms with E-state index in [1.807, 2.05) is 6.92 Å². The van der Waals surface area contributed by atoms with Crippen molar-refractivity contribution in [2.75, 3.05) is 13.1 Å². The van der Waals surface area contributed by atoms with Crippen molar-refractivity contribution in [3.8, 4) is 0 Å². The molecule has 4 heteroatoms. The maximum absolute atomic E-state index is 11.6. The van der Waals surface area contributed by atoms with E-state index in [0.717, 1.165) is 25.9 Å². The molecule has 1 fully saturated rings. The Balaban J connectivity index is 2.57. The van der Waals surface area contributed by atoms with Gasteiger partial charge in [0.15, 0.2) is 0 Å². The first-order valence-corrected chi connectivity index (χ1v) is 7.68. The van der Waals surface area contributed by atoms with E-state index in [0.29, 0.717) is 18.5 Å².